The van der Waals surface area contributed by atoms with Gasteiger partial charge in [0.15, 0.2) is 5.75 Å². The average molecular weight is 642 g/mol. The first-order valence-electron chi connectivity index (χ1n) is 18.4. The van der Waals surface area contributed by atoms with E-state index in [4.69, 9.17) is 0 Å². The van der Waals surface area contributed by atoms with Crippen molar-refractivity contribution in [1.29, 1.82) is 0 Å². The Labute approximate surface area is 318 Å². The smallest absolute Gasteiger partial charge is 0.150 e. The molecule has 0 aliphatic heterocycles. The molecular formula is C33H40B16O2. The molecule has 6 aromatic carbocycles. The molecule has 6 rings (SSSR count). The highest BCUT2D eigenvalue weighted by atomic mass is 16.3. The molecule has 0 fully saturated rings. The van der Waals surface area contributed by atoms with Gasteiger partial charge in [0.1, 0.15) is 131 Å². The summed E-state index contributed by atoms with van der Waals surface area (Å²) in [6.07, 6.45) is 0. The third-order valence-electron chi connectivity index (χ3n) is 13.7. The Morgan fingerprint density at radius 1 is 0.294 bits per heavy atom. The zero-order chi connectivity index (χ0) is 37.9. The highest BCUT2D eigenvalue weighted by molar-refractivity contribution is 6.71. The molecule has 0 saturated carbocycles. The largest absolute Gasteiger partial charge is 0.505 e. The first-order valence-corrected chi connectivity index (χ1v) is 18.4. The molecule has 2 N–H and O–H groups in total. The van der Waals surface area contributed by atoms with Crippen LogP contribution in [0.1, 0.15) is 5.56 Å². The minimum absolute atomic E-state index is 0.0361. The Bertz CT molecular complexity index is 2360. The van der Waals surface area contributed by atoms with Crippen LogP contribution in [-0.2, 0) is 0 Å². The third-order valence-corrected chi connectivity index (χ3v) is 13.7. The summed E-state index contributed by atoms with van der Waals surface area (Å²) >= 11 is 0. The molecule has 0 bridgehead atoms. The van der Waals surface area contributed by atoms with Crippen molar-refractivity contribution in [2.75, 3.05) is 0 Å². The fourth-order valence-corrected chi connectivity index (χ4v) is 9.27. The summed E-state index contributed by atoms with van der Waals surface area (Å²) in [7, 11) is 35.5. The highest BCUT2D eigenvalue weighted by Crippen LogP contribution is 2.39. The lowest BCUT2D eigenvalue weighted by atomic mass is 9.59. The van der Waals surface area contributed by atoms with Crippen LogP contribution in [0.5, 0.6) is 11.5 Å². The van der Waals surface area contributed by atoms with Crippen molar-refractivity contribution in [3.8, 4) is 44.9 Å². The fraction of sp³-hybridized carbons (Fsp3) is 0.0303. The Morgan fingerprint density at radius 2 is 0.549 bits per heavy atom. The maximum absolute atomic E-state index is 11.2. The van der Waals surface area contributed by atoms with Crippen molar-refractivity contribution in [2.45, 2.75) is 6.92 Å². The van der Waals surface area contributed by atoms with E-state index in [0.717, 1.165) is 16.6 Å². The van der Waals surface area contributed by atoms with Gasteiger partial charge in [-0.2, -0.15) is 0 Å². The van der Waals surface area contributed by atoms with Crippen LogP contribution in [0.4, 0.5) is 0 Å². The van der Waals surface area contributed by atoms with Gasteiger partial charge in [-0.25, -0.2) is 0 Å². The van der Waals surface area contributed by atoms with Crippen molar-refractivity contribution >= 4 is 234 Å². The Balaban J connectivity index is 1.97. The standard InChI is InChI=1S/C33H40B16O2/c1-5-9-14(21(39)28(46)24(42)16(9)34)11(15-10(5)17(35)25(43)29(47)22(15)40)6-2-7(12-18(36)26(44)30(48)27(45)19(12)37)4-8(3-6)13-20(38)31(49)33(51)32(50)23(13)41/h2-4,50-51H,34-49H2,1H3. The number of aromatic hydroxyl groups is 2. The molecular weight excluding hydrogens is 601 g/mol. The maximum atomic E-state index is 11.2. The molecule has 0 atom stereocenters. The van der Waals surface area contributed by atoms with Crippen molar-refractivity contribution in [3.63, 3.8) is 0 Å². The van der Waals surface area contributed by atoms with Gasteiger partial charge >= 0.3 is 0 Å². The molecule has 0 aromatic heterocycles. The van der Waals surface area contributed by atoms with Gasteiger partial charge in [-0.3, -0.25) is 0 Å². The molecule has 0 spiro atoms. The van der Waals surface area contributed by atoms with Gasteiger partial charge in [0.2, 0.25) is 0 Å². The van der Waals surface area contributed by atoms with Gasteiger partial charge in [-0.1, -0.05) is 38.2 Å². The van der Waals surface area contributed by atoms with E-state index < -0.39 is 0 Å². The van der Waals surface area contributed by atoms with Gasteiger partial charge in [-0.05, 0) is 96.5 Å². The summed E-state index contributed by atoms with van der Waals surface area (Å²) in [5.74, 6) is -0.0816. The summed E-state index contributed by atoms with van der Waals surface area (Å²) in [5, 5.41) is 27.5. The first kappa shape index (κ1) is 37.2. The number of rotatable bonds is 3. The van der Waals surface area contributed by atoms with E-state index in [1.165, 1.54) is 120 Å². The van der Waals surface area contributed by atoms with E-state index >= 15 is 0 Å². The number of phenolic OH excluding ortho intramolecular Hbond substituents is 2. The topological polar surface area (TPSA) is 40.5 Å². The zero-order valence-corrected chi connectivity index (χ0v) is 34.1. The van der Waals surface area contributed by atoms with Crippen LogP contribution in [0.15, 0.2) is 18.2 Å². The molecule has 18 heteroatoms. The van der Waals surface area contributed by atoms with Gasteiger partial charge in [-0.15, -0.1) is 38.2 Å². The normalized spacial score (nSPS) is 11.5. The van der Waals surface area contributed by atoms with Crippen LogP contribution in [0, 0.1) is 6.92 Å². The molecule has 6 aromatic rings. The lowest BCUT2D eigenvalue weighted by molar-refractivity contribution is 0.410. The molecule has 0 heterocycles. The second-order valence-corrected chi connectivity index (χ2v) is 15.7. The van der Waals surface area contributed by atoms with E-state index in [1.54, 1.807) is 0 Å². The van der Waals surface area contributed by atoms with Crippen molar-refractivity contribution in [1.82, 2.24) is 0 Å². The summed E-state index contributed by atoms with van der Waals surface area (Å²) in [5.41, 5.74) is 28.0. The minimum Gasteiger partial charge on any atom is -0.505 e. The SMILES string of the molecule is Bc1c(B)c(B)c(-c2cc(-c3c(B)c(B)c(O)c(O)c3B)cc(-c3c4c(B)c(B)c(B)c(B)c4c(C)c4c(B)c(B)c(B)c(B)c34)c2)c(B)c1B. The molecule has 0 saturated heterocycles. The lowest BCUT2D eigenvalue weighted by Gasteiger charge is -2.28. The van der Waals surface area contributed by atoms with Crippen LogP contribution in [0.3, 0.4) is 0 Å². The van der Waals surface area contributed by atoms with Crippen LogP contribution < -0.4 is 87.4 Å². The first-order chi connectivity index (χ1) is 23.8. The summed E-state index contributed by atoms with van der Waals surface area (Å²) in [6.45, 7) is 2.33. The van der Waals surface area contributed by atoms with Gasteiger partial charge in [0.05, 0.1) is 0 Å². The monoisotopic (exact) mass is 644 g/mol. The summed E-state index contributed by atoms with van der Waals surface area (Å²) in [6, 6.07) is 7.10. The third kappa shape index (κ3) is 5.24. The van der Waals surface area contributed by atoms with Crippen LogP contribution in [0.2, 0.25) is 0 Å². The van der Waals surface area contributed by atoms with Crippen LogP contribution >= 0.6 is 0 Å². The van der Waals surface area contributed by atoms with E-state index in [1.807, 2.05) is 15.7 Å². The number of aryl methyl sites for hydroxylation is 1. The van der Waals surface area contributed by atoms with Crippen LogP contribution in [0.25, 0.3) is 54.9 Å². The molecule has 51 heavy (non-hydrogen) atoms. The molecule has 0 aliphatic carbocycles. The molecule has 0 radical (unpaired) electrons. The summed E-state index contributed by atoms with van der Waals surface area (Å²) < 4.78 is 0. The Hall–Kier alpha value is -3.52. The fourth-order valence-electron chi connectivity index (χ4n) is 9.27. The summed E-state index contributed by atoms with van der Waals surface area (Å²) in [4.78, 5) is 0. The van der Waals surface area contributed by atoms with Crippen molar-refractivity contribution in [3.05, 3.63) is 23.8 Å². The Morgan fingerprint density at radius 3 is 0.941 bits per heavy atom. The minimum atomic E-state index is -0.0455. The maximum Gasteiger partial charge on any atom is 0.150 e. The van der Waals surface area contributed by atoms with E-state index in [0.29, 0.717) is 10.9 Å². The molecule has 0 unspecified atom stereocenters. The average Bonchev–Trinajstić information content (AvgIpc) is 3.10. The van der Waals surface area contributed by atoms with Crippen molar-refractivity contribution < 1.29 is 10.2 Å². The number of fused-ring (bicyclic) bond motifs is 2. The highest BCUT2D eigenvalue weighted by Gasteiger charge is 2.25. The lowest BCUT2D eigenvalue weighted by Crippen LogP contribution is -2.55. The van der Waals surface area contributed by atoms with E-state index in [2.05, 4.69) is 135 Å². The number of hydrogen-bond donors (Lipinski definition) is 2. The predicted octanol–water partition coefficient (Wildman–Crippen LogP) is -19.2. The quantitative estimate of drug-likeness (QED) is 0.115. The van der Waals surface area contributed by atoms with Gasteiger partial charge in [0, 0.05) is 0 Å². The van der Waals surface area contributed by atoms with Gasteiger partial charge < -0.3 is 10.2 Å². The zero-order valence-electron chi connectivity index (χ0n) is 34.1. The molecule has 0 aliphatic rings. The second-order valence-electron chi connectivity index (χ2n) is 15.7. The van der Waals surface area contributed by atoms with Gasteiger partial charge in [0.25, 0.3) is 0 Å². The second kappa shape index (κ2) is 12.9. The van der Waals surface area contributed by atoms with E-state index in [-0.39, 0.29) is 11.5 Å². The van der Waals surface area contributed by atoms with Crippen molar-refractivity contribution in [2.24, 2.45) is 0 Å². The predicted molar refractivity (Wildman–Crippen MR) is 277 cm³/mol. The number of benzene rings is 6. The molecule has 0 amide bonds. The molecule has 232 valence electrons. The van der Waals surface area contributed by atoms with Crippen LogP contribution in [-0.4, -0.2) is 136 Å². The van der Waals surface area contributed by atoms with E-state index in [9.17, 15) is 10.2 Å². The Kier molecular flexibility index (Phi) is 9.39. The number of hydrogen-bond acceptors (Lipinski definition) is 2. The molecule has 2 nitrogen and oxygen atoms in total. The number of phenols is 2.